The van der Waals surface area contributed by atoms with Crippen molar-refractivity contribution in [1.29, 1.82) is 0 Å². The Morgan fingerprint density at radius 1 is 1.18 bits per heavy atom. The Kier molecular flexibility index (Phi) is 10.1. The van der Waals surface area contributed by atoms with Gasteiger partial charge in [-0.3, -0.25) is 9.98 Å². The molecule has 0 bridgehead atoms. The molecular formula is C16H28IN5. The van der Waals surface area contributed by atoms with Crippen molar-refractivity contribution < 1.29 is 0 Å². The van der Waals surface area contributed by atoms with E-state index in [9.17, 15) is 0 Å². The Morgan fingerprint density at radius 2 is 1.95 bits per heavy atom. The number of hydrogen-bond donors (Lipinski definition) is 2. The van der Waals surface area contributed by atoms with Gasteiger partial charge in [0.15, 0.2) is 5.96 Å². The lowest BCUT2D eigenvalue weighted by atomic mass is 10.2. The molecule has 1 aliphatic heterocycles. The highest BCUT2D eigenvalue weighted by molar-refractivity contribution is 14.0. The van der Waals surface area contributed by atoms with Gasteiger partial charge >= 0.3 is 0 Å². The number of hydrogen-bond acceptors (Lipinski definition) is 3. The van der Waals surface area contributed by atoms with Crippen molar-refractivity contribution in [3.05, 3.63) is 30.1 Å². The highest BCUT2D eigenvalue weighted by Gasteiger charge is 2.08. The van der Waals surface area contributed by atoms with Gasteiger partial charge in [0, 0.05) is 26.3 Å². The lowest BCUT2D eigenvalue weighted by Gasteiger charge is -2.20. The molecule has 1 saturated heterocycles. The molecule has 2 N–H and O–H groups in total. The molecule has 124 valence electrons. The van der Waals surface area contributed by atoms with Crippen LogP contribution in [0.4, 0.5) is 0 Å². The molecule has 0 spiro atoms. The summed E-state index contributed by atoms with van der Waals surface area (Å²) in [6.45, 7) is 5.19. The normalized spacial score (nSPS) is 16.5. The van der Waals surface area contributed by atoms with E-state index in [2.05, 4.69) is 25.5 Å². The van der Waals surface area contributed by atoms with E-state index in [0.29, 0.717) is 6.54 Å². The van der Waals surface area contributed by atoms with Gasteiger partial charge in [-0.25, -0.2) is 0 Å². The van der Waals surface area contributed by atoms with Crippen LogP contribution in [0.1, 0.15) is 31.4 Å². The summed E-state index contributed by atoms with van der Waals surface area (Å²) in [6, 6.07) is 5.94. The van der Waals surface area contributed by atoms with Crippen molar-refractivity contribution in [2.75, 3.05) is 33.2 Å². The number of likely N-dealkylation sites (tertiary alicyclic amines) is 1. The Hall–Kier alpha value is -0.890. The number of aromatic nitrogens is 1. The third-order valence-corrected chi connectivity index (χ3v) is 3.81. The minimum absolute atomic E-state index is 0. The summed E-state index contributed by atoms with van der Waals surface area (Å²) in [5.41, 5.74) is 1.02. The molecule has 1 aromatic heterocycles. The molecule has 0 aliphatic carbocycles. The van der Waals surface area contributed by atoms with Crippen LogP contribution in [0.2, 0.25) is 0 Å². The molecule has 6 heteroatoms. The Labute approximate surface area is 151 Å². The maximum atomic E-state index is 4.30. The van der Waals surface area contributed by atoms with Crippen molar-refractivity contribution in [3.8, 4) is 0 Å². The van der Waals surface area contributed by atoms with Gasteiger partial charge in [0.2, 0.25) is 0 Å². The highest BCUT2D eigenvalue weighted by atomic mass is 127. The van der Waals surface area contributed by atoms with Crippen molar-refractivity contribution in [2.24, 2.45) is 4.99 Å². The van der Waals surface area contributed by atoms with Crippen LogP contribution in [0.25, 0.3) is 0 Å². The number of pyridine rings is 1. The summed E-state index contributed by atoms with van der Waals surface area (Å²) in [6.07, 6.45) is 7.26. The summed E-state index contributed by atoms with van der Waals surface area (Å²) >= 11 is 0. The second-order valence-corrected chi connectivity index (χ2v) is 5.43. The number of nitrogens with zero attached hydrogens (tertiary/aromatic N) is 3. The smallest absolute Gasteiger partial charge is 0.191 e. The molecule has 1 fully saturated rings. The van der Waals surface area contributed by atoms with Crippen LogP contribution < -0.4 is 10.6 Å². The van der Waals surface area contributed by atoms with Crippen molar-refractivity contribution in [1.82, 2.24) is 20.5 Å². The predicted octanol–water partition coefficient (Wildman–Crippen LogP) is 2.24. The lowest BCUT2D eigenvalue weighted by molar-refractivity contribution is 0.289. The molecule has 5 nitrogen and oxygen atoms in total. The minimum Gasteiger partial charge on any atom is -0.355 e. The maximum absolute atomic E-state index is 4.30. The van der Waals surface area contributed by atoms with Gasteiger partial charge in [-0.15, -0.1) is 24.0 Å². The molecule has 0 atom stereocenters. The molecule has 1 aromatic rings. The molecule has 0 radical (unpaired) electrons. The van der Waals surface area contributed by atoms with Crippen LogP contribution in [0.3, 0.4) is 0 Å². The zero-order valence-electron chi connectivity index (χ0n) is 13.4. The Balaban J connectivity index is 0.00000242. The topological polar surface area (TPSA) is 52.6 Å². The van der Waals surface area contributed by atoms with E-state index in [-0.39, 0.29) is 24.0 Å². The molecule has 0 amide bonds. The fourth-order valence-corrected chi connectivity index (χ4v) is 2.59. The average Bonchev–Trinajstić information content (AvgIpc) is 2.80. The van der Waals surface area contributed by atoms with Crippen LogP contribution in [0, 0.1) is 0 Å². The van der Waals surface area contributed by atoms with E-state index in [4.69, 9.17) is 0 Å². The van der Waals surface area contributed by atoms with Gasteiger partial charge in [0.05, 0.1) is 12.2 Å². The average molecular weight is 417 g/mol. The number of nitrogens with one attached hydrogen (secondary N) is 2. The maximum Gasteiger partial charge on any atom is 0.191 e. The van der Waals surface area contributed by atoms with Gasteiger partial charge in [-0.2, -0.15) is 0 Å². The van der Waals surface area contributed by atoms with Crippen LogP contribution in [0.5, 0.6) is 0 Å². The van der Waals surface area contributed by atoms with Gasteiger partial charge in [-0.1, -0.05) is 18.9 Å². The standard InChI is InChI=1S/C16H27N5.HI/c1-17-16(20-14-15-8-4-5-9-18-15)19-10-13-21-11-6-2-3-7-12-21;/h4-5,8-9H,2-3,6-7,10-14H2,1H3,(H2,17,19,20);1H. The van der Waals surface area contributed by atoms with Gasteiger partial charge < -0.3 is 15.5 Å². The summed E-state index contributed by atoms with van der Waals surface area (Å²) in [5, 5.41) is 6.67. The zero-order valence-corrected chi connectivity index (χ0v) is 15.8. The summed E-state index contributed by atoms with van der Waals surface area (Å²) in [5.74, 6) is 0.843. The minimum atomic E-state index is 0. The van der Waals surface area contributed by atoms with Crippen LogP contribution in [-0.2, 0) is 6.54 Å². The van der Waals surface area contributed by atoms with E-state index in [1.807, 2.05) is 24.4 Å². The third-order valence-electron chi connectivity index (χ3n) is 3.81. The highest BCUT2D eigenvalue weighted by Crippen LogP contribution is 2.08. The summed E-state index contributed by atoms with van der Waals surface area (Å²) in [7, 11) is 1.81. The number of guanidine groups is 1. The molecule has 0 aromatic carbocycles. The first kappa shape index (κ1) is 19.2. The van der Waals surface area contributed by atoms with E-state index in [1.165, 1.54) is 38.8 Å². The van der Waals surface area contributed by atoms with Crippen molar-refractivity contribution in [2.45, 2.75) is 32.2 Å². The number of rotatable bonds is 5. The first-order valence-corrected chi connectivity index (χ1v) is 7.95. The van der Waals surface area contributed by atoms with E-state index in [0.717, 1.165) is 24.7 Å². The molecule has 0 unspecified atom stereocenters. The third kappa shape index (κ3) is 7.40. The van der Waals surface area contributed by atoms with Crippen LogP contribution in [-0.4, -0.2) is 49.1 Å². The summed E-state index contributed by atoms with van der Waals surface area (Å²) < 4.78 is 0. The van der Waals surface area contributed by atoms with Crippen molar-refractivity contribution in [3.63, 3.8) is 0 Å². The predicted molar refractivity (Wildman–Crippen MR) is 103 cm³/mol. The quantitative estimate of drug-likeness (QED) is 0.439. The lowest BCUT2D eigenvalue weighted by Crippen LogP contribution is -2.41. The first-order valence-electron chi connectivity index (χ1n) is 7.95. The molecular weight excluding hydrogens is 389 g/mol. The van der Waals surface area contributed by atoms with Gasteiger partial charge in [0.1, 0.15) is 0 Å². The number of halogens is 1. The van der Waals surface area contributed by atoms with Crippen LogP contribution in [0.15, 0.2) is 29.4 Å². The first-order chi connectivity index (χ1) is 10.4. The summed E-state index contributed by atoms with van der Waals surface area (Å²) in [4.78, 5) is 11.1. The van der Waals surface area contributed by atoms with E-state index < -0.39 is 0 Å². The molecule has 0 saturated carbocycles. The fourth-order valence-electron chi connectivity index (χ4n) is 2.59. The van der Waals surface area contributed by atoms with Crippen LogP contribution >= 0.6 is 24.0 Å². The van der Waals surface area contributed by atoms with E-state index >= 15 is 0 Å². The van der Waals surface area contributed by atoms with Gasteiger partial charge in [-0.05, 0) is 38.1 Å². The van der Waals surface area contributed by atoms with Gasteiger partial charge in [0.25, 0.3) is 0 Å². The van der Waals surface area contributed by atoms with Crippen molar-refractivity contribution >= 4 is 29.9 Å². The number of aliphatic imine (C=N–C) groups is 1. The van der Waals surface area contributed by atoms with E-state index in [1.54, 1.807) is 7.05 Å². The molecule has 1 aliphatic rings. The second kappa shape index (κ2) is 11.6. The molecule has 2 rings (SSSR count). The monoisotopic (exact) mass is 417 g/mol. The SMILES string of the molecule is CN=C(NCCN1CCCCCC1)NCc1ccccn1.I. The molecule has 22 heavy (non-hydrogen) atoms. The largest absolute Gasteiger partial charge is 0.355 e. The fraction of sp³-hybridized carbons (Fsp3) is 0.625. The molecule has 2 heterocycles. The second-order valence-electron chi connectivity index (χ2n) is 5.43. The zero-order chi connectivity index (χ0) is 14.8. The Morgan fingerprint density at radius 3 is 2.59 bits per heavy atom. The Bertz CT molecular complexity index is 416.